The van der Waals surface area contributed by atoms with E-state index in [2.05, 4.69) is 5.32 Å². The van der Waals surface area contributed by atoms with Crippen molar-refractivity contribution in [2.45, 2.75) is 25.3 Å². The molecule has 0 aromatic heterocycles. The molecule has 0 bridgehead atoms. The SMILES string of the molecule is CC(C)N1C(=O)S[C@H](Nc2cccc(Cl)c2)C1=O. The van der Waals surface area contributed by atoms with E-state index < -0.39 is 5.37 Å². The molecule has 1 N–H and O–H groups in total. The van der Waals surface area contributed by atoms with Crippen LogP contribution in [-0.4, -0.2) is 27.5 Å². The number of carbonyl (C=O) groups is 2. The molecular formula is C12H13ClN2O2S. The first-order valence-electron chi connectivity index (χ1n) is 5.55. The lowest BCUT2D eigenvalue weighted by Gasteiger charge is -2.18. The Labute approximate surface area is 115 Å². The van der Waals surface area contributed by atoms with Crippen molar-refractivity contribution < 1.29 is 9.59 Å². The van der Waals surface area contributed by atoms with E-state index in [4.69, 9.17) is 11.6 Å². The second-order valence-electron chi connectivity index (χ2n) is 4.22. The Kier molecular flexibility index (Phi) is 3.82. The lowest BCUT2D eigenvalue weighted by Crippen LogP contribution is -2.38. The molecule has 1 saturated heterocycles. The maximum atomic E-state index is 12.0. The molecule has 0 saturated carbocycles. The predicted molar refractivity (Wildman–Crippen MR) is 73.8 cm³/mol. The van der Waals surface area contributed by atoms with Crippen molar-refractivity contribution in [3.8, 4) is 0 Å². The van der Waals surface area contributed by atoms with Gasteiger partial charge in [-0.05, 0) is 43.8 Å². The fourth-order valence-corrected chi connectivity index (χ4v) is 2.93. The minimum absolute atomic E-state index is 0.122. The second kappa shape index (κ2) is 5.20. The summed E-state index contributed by atoms with van der Waals surface area (Å²) in [6, 6.07) is 6.95. The number of thioether (sulfide) groups is 1. The van der Waals surface area contributed by atoms with Crippen molar-refractivity contribution in [3.63, 3.8) is 0 Å². The number of nitrogens with one attached hydrogen (secondary N) is 1. The average molecular weight is 285 g/mol. The molecule has 0 unspecified atom stereocenters. The standard InChI is InChI=1S/C12H13ClN2O2S/c1-7(2)15-11(16)10(18-12(15)17)14-9-5-3-4-8(13)6-9/h3-7,10,14H,1-2H3/t10-/m0/s1. The van der Waals surface area contributed by atoms with Gasteiger partial charge in [-0.2, -0.15) is 0 Å². The molecule has 1 aromatic rings. The zero-order valence-electron chi connectivity index (χ0n) is 10.0. The zero-order valence-corrected chi connectivity index (χ0v) is 11.6. The molecule has 4 nitrogen and oxygen atoms in total. The van der Waals surface area contributed by atoms with E-state index in [1.807, 2.05) is 19.9 Å². The number of hydrogen-bond acceptors (Lipinski definition) is 4. The smallest absolute Gasteiger partial charge is 0.291 e. The predicted octanol–water partition coefficient (Wildman–Crippen LogP) is 3.18. The molecule has 0 aliphatic carbocycles. The van der Waals surface area contributed by atoms with Crippen LogP contribution in [0.2, 0.25) is 5.02 Å². The van der Waals surface area contributed by atoms with E-state index in [0.717, 1.165) is 17.4 Å². The Morgan fingerprint density at radius 3 is 2.67 bits per heavy atom. The van der Waals surface area contributed by atoms with E-state index >= 15 is 0 Å². The highest BCUT2D eigenvalue weighted by molar-refractivity contribution is 8.15. The van der Waals surface area contributed by atoms with Crippen LogP contribution < -0.4 is 5.32 Å². The quantitative estimate of drug-likeness (QED) is 0.926. The molecule has 2 amide bonds. The number of carbonyl (C=O) groups excluding carboxylic acids is 2. The van der Waals surface area contributed by atoms with Gasteiger partial charge in [0.05, 0.1) is 0 Å². The van der Waals surface area contributed by atoms with Gasteiger partial charge >= 0.3 is 0 Å². The maximum absolute atomic E-state index is 12.0. The number of imide groups is 1. The molecule has 1 heterocycles. The van der Waals surface area contributed by atoms with Gasteiger partial charge in [0.2, 0.25) is 0 Å². The third kappa shape index (κ3) is 2.62. The van der Waals surface area contributed by atoms with E-state index in [-0.39, 0.29) is 17.2 Å². The van der Waals surface area contributed by atoms with Gasteiger partial charge in [0.25, 0.3) is 11.1 Å². The third-order valence-electron chi connectivity index (χ3n) is 2.52. The molecule has 1 aliphatic rings. The summed E-state index contributed by atoms with van der Waals surface area (Å²) in [6.07, 6.45) is 0. The summed E-state index contributed by atoms with van der Waals surface area (Å²) in [4.78, 5) is 25.0. The summed E-state index contributed by atoms with van der Waals surface area (Å²) >= 11 is 6.86. The normalized spacial score (nSPS) is 19.8. The second-order valence-corrected chi connectivity index (χ2v) is 5.71. The van der Waals surface area contributed by atoms with Gasteiger partial charge in [-0.15, -0.1) is 0 Å². The van der Waals surface area contributed by atoms with Crippen molar-refractivity contribution in [1.82, 2.24) is 4.90 Å². The average Bonchev–Trinajstić information content (AvgIpc) is 2.54. The Morgan fingerprint density at radius 2 is 2.11 bits per heavy atom. The zero-order chi connectivity index (χ0) is 13.3. The van der Waals surface area contributed by atoms with Crippen LogP contribution in [0.4, 0.5) is 10.5 Å². The van der Waals surface area contributed by atoms with Crippen molar-refractivity contribution in [1.29, 1.82) is 0 Å². The number of rotatable bonds is 3. The largest absolute Gasteiger partial charge is 0.365 e. The first-order chi connectivity index (χ1) is 8.49. The van der Waals surface area contributed by atoms with Crippen LogP contribution in [-0.2, 0) is 4.79 Å². The Hall–Kier alpha value is -1.20. The van der Waals surface area contributed by atoms with Gasteiger partial charge in [-0.3, -0.25) is 14.5 Å². The Balaban J connectivity index is 2.12. The van der Waals surface area contributed by atoms with Crippen LogP contribution in [0.5, 0.6) is 0 Å². The lowest BCUT2D eigenvalue weighted by atomic mass is 10.3. The van der Waals surface area contributed by atoms with E-state index in [9.17, 15) is 9.59 Å². The Morgan fingerprint density at radius 1 is 1.39 bits per heavy atom. The van der Waals surface area contributed by atoms with Crippen molar-refractivity contribution in [2.75, 3.05) is 5.32 Å². The number of benzene rings is 1. The lowest BCUT2D eigenvalue weighted by molar-refractivity contribution is -0.127. The highest BCUT2D eigenvalue weighted by Crippen LogP contribution is 2.30. The van der Waals surface area contributed by atoms with Crippen LogP contribution in [0.1, 0.15) is 13.8 Å². The summed E-state index contributed by atoms with van der Waals surface area (Å²) in [5, 5.41) is 2.81. The fraction of sp³-hybridized carbons (Fsp3) is 0.333. The maximum Gasteiger partial charge on any atom is 0.291 e. The summed E-state index contributed by atoms with van der Waals surface area (Å²) in [5.74, 6) is -0.208. The van der Waals surface area contributed by atoms with Crippen LogP contribution in [0.3, 0.4) is 0 Å². The summed E-state index contributed by atoms with van der Waals surface area (Å²) in [6.45, 7) is 3.64. The fourth-order valence-electron chi connectivity index (χ4n) is 1.71. The van der Waals surface area contributed by atoms with Gasteiger partial charge in [-0.25, -0.2) is 0 Å². The molecule has 0 spiro atoms. The van der Waals surface area contributed by atoms with Crippen LogP contribution in [0, 0.1) is 0 Å². The van der Waals surface area contributed by atoms with Crippen LogP contribution in [0.25, 0.3) is 0 Å². The van der Waals surface area contributed by atoms with Gasteiger partial charge in [-0.1, -0.05) is 17.7 Å². The number of amides is 2. The molecule has 0 radical (unpaired) electrons. The topological polar surface area (TPSA) is 49.4 Å². The minimum Gasteiger partial charge on any atom is -0.365 e. The third-order valence-corrected chi connectivity index (χ3v) is 3.70. The van der Waals surface area contributed by atoms with Gasteiger partial charge in [0.15, 0.2) is 5.37 Å². The van der Waals surface area contributed by atoms with E-state index in [1.54, 1.807) is 18.2 Å². The van der Waals surface area contributed by atoms with Crippen molar-refractivity contribution >= 4 is 40.2 Å². The van der Waals surface area contributed by atoms with Crippen LogP contribution in [0.15, 0.2) is 24.3 Å². The molecule has 1 atom stereocenters. The van der Waals surface area contributed by atoms with Crippen LogP contribution >= 0.6 is 23.4 Å². The molecule has 1 fully saturated rings. The molecule has 2 rings (SSSR count). The number of anilines is 1. The summed E-state index contributed by atoms with van der Waals surface area (Å²) < 4.78 is 0. The van der Waals surface area contributed by atoms with Gasteiger partial charge in [0, 0.05) is 16.8 Å². The molecule has 18 heavy (non-hydrogen) atoms. The van der Waals surface area contributed by atoms with Gasteiger partial charge in [0.1, 0.15) is 0 Å². The monoisotopic (exact) mass is 284 g/mol. The van der Waals surface area contributed by atoms with E-state index in [0.29, 0.717) is 5.02 Å². The van der Waals surface area contributed by atoms with E-state index in [1.165, 1.54) is 4.90 Å². The molecule has 1 aliphatic heterocycles. The Bertz CT molecular complexity index is 493. The number of hydrogen-bond donors (Lipinski definition) is 1. The highest BCUT2D eigenvalue weighted by Gasteiger charge is 2.40. The molecule has 1 aromatic carbocycles. The van der Waals surface area contributed by atoms with Crippen molar-refractivity contribution in [2.24, 2.45) is 0 Å². The number of halogens is 1. The summed E-state index contributed by atoms with van der Waals surface area (Å²) in [7, 11) is 0. The summed E-state index contributed by atoms with van der Waals surface area (Å²) in [5.41, 5.74) is 0.728. The molecular weight excluding hydrogens is 272 g/mol. The molecule has 96 valence electrons. The minimum atomic E-state index is -0.571. The van der Waals surface area contributed by atoms with Crippen molar-refractivity contribution in [3.05, 3.63) is 29.3 Å². The first kappa shape index (κ1) is 13.2. The number of nitrogens with zero attached hydrogens (tertiary/aromatic N) is 1. The van der Waals surface area contributed by atoms with Gasteiger partial charge < -0.3 is 5.32 Å². The first-order valence-corrected chi connectivity index (χ1v) is 6.80. The molecule has 6 heteroatoms. The highest BCUT2D eigenvalue weighted by atomic mass is 35.5.